The van der Waals surface area contributed by atoms with Gasteiger partial charge in [-0.15, -0.1) is 0 Å². The Morgan fingerprint density at radius 3 is 1.67 bits per heavy atom. The van der Waals surface area contributed by atoms with E-state index < -0.39 is 54.8 Å². The van der Waals surface area contributed by atoms with Crippen molar-refractivity contribution >= 4 is 42.7 Å². The van der Waals surface area contributed by atoms with Gasteiger partial charge in [0.1, 0.15) is 18.1 Å². The fourth-order valence-electron chi connectivity index (χ4n) is 4.69. The van der Waals surface area contributed by atoms with Crippen LogP contribution in [0.4, 0.5) is 0 Å². The molecule has 48 heavy (non-hydrogen) atoms. The van der Waals surface area contributed by atoms with Crippen LogP contribution in [0.3, 0.4) is 0 Å². The predicted octanol–water partition coefficient (Wildman–Crippen LogP) is -2.32. The Morgan fingerprint density at radius 1 is 0.688 bits per heavy atom. The van der Waals surface area contributed by atoms with Crippen molar-refractivity contribution in [3.63, 3.8) is 0 Å². The number of nitrogens with zero attached hydrogens (tertiary/aromatic N) is 2. The summed E-state index contributed by atoms with van der Waals surface area (Å²) in [6.07, 6.45) is 3.92. The number of guanidine groups is 2. The molecular formula is C30H54BN11O6. The molecule has 0 saturated carbocycles. The SMILES string of the molecule is CCCC[C@H](NC(=O)c1ccccc1)C(=O)N[C@@H](CCCCN)C(=O)N[C@@H](CCCN=C(N)N)C(=O)N[C@H](CCCN=C(N)N)B(O)O. The van der Waals surface area contributed by atoms with Crippen molar-refractivity contribution in [2.45, 2.75) is 95.2 Å². The molecule has 4 amide bonds. The molecule has 0 fully saturated rings. The summed E-state index contributed by atoms with van der Waals surface area (Å²) >= 11 is 0. The maximum Gasteiger partial charge on any atom is 0.475 e. The highest BCUT2D eigenvalue weighted by atomic mass is 16.4. The lowest BCUT2D eigenvalue weighted by atomic mass is 9.76. The smallest absolute Gasteiger partial charge is 0.426 e. The van der Waals surface area contributed by atoms with Gasteiger partial charge in [0, 0.05) is 18.7 Å². The van der Waals surface area contributed by atoms with E-state index in [0.717, 1.165) is 6.42 Å². The highest BCUT2D eigenvalue weighted by Gasteiger charge is 2.32. The highest BCUT2D eigenvalue weighted by Crippen LogP contribution is 2.09. The van der Waals surface area contributed by atoms with E-state index in [1.165, 1.54) is 0 Å². The standard InChI is InChI=1S/C30H54BN11O6/c1-2-3-13-21(39-25(43)20-11-5-4-6-12-20)26(44)40-22(14-7-8-17-32)27(45)41-23(15-9-18-37-29(33)34)28(46)42-24(31(47)48)16-10-19-38-30(35)36/h4-6,11-12,21-24,47-48H,2-3,7-10,13-19,32H2,1H3,(H,39,43)(H,40,44)(H,41,45)(H,42,46)(H4,33,34,37)(H4,35,36,38)/t21-,22-,23-,24+/m0/s1. The predicted molar refractivity (Wildman–Crippen MR) is 186 cm³/mol. The van der Waals surface area contributed by atoms with Gasteiger partial charge in [-0.1, -0.05) is 38.0 Å². The van der Waals surface area contributed by atoms with Gasteiger partial charge in [-0.05, 0) is 70.0 Å². The van der Waals surface area contributed by atoms with E-state index in [4.69, 9.17) is 28.7 Å². The first-order valence-corrected chi connectivity index (χ1v) is 16.3. The molecule has 0 spiro atoms. The summed E-state index contributed by atoms with van der Waals surface area (Å²) in [6.45, 7) is 2.71. The van der Waals surface area contributed by atoms with Crippen LogP contribution in [0.5, 0.6) is 0 Å². The molecule has 268 valence electrons. The molecule has 1 aromatic rings. The van der Waals surface area contributed by atoms with Gasteiger partial charge in [0.15, 0.2) is 11.9 Å². The van der Waals surface area contributed by atoms with Crippen LogP contribution in [-0.2, 0) is 14.4 Å². The first kappa shape index (κ1) is 41.6. The van der Waals surface area contributed by atoms with Crippen molar-refractivity contribution in [1.29, 1.82) is 0 Å². The van der Waals surface area contributed by atoms with Crippen LogP contribution in [0.25, 0.3) is 0 Å². The number of amides is 4. The van der Waals surface area contributed by atoms with Gasteiger partial charge in [0.25, 0.3) is 5.91 Å². The Morgan fingerprint density at radius 2 is 1.17 bits per heavy atom. The molecule has 1 aromatic carbocycles. The molecule has 0 bridgehead atoms. The van der Waals surface area contributed by atoms with Crippen LogP contribution in [0, 0.1) is 0 Å². The molecule has 0 aliphatic heterocycles. The van der Waals surface area contributed by atoms with E-state index in [0.29, 0.717) is 50.6 Å². The molecule has 16 N–H and O–H groups in total. The van der Waals surface area contributed by atoms with Gasteiger partial charge >= 0.3 is 7.12 Å². The number of nitrogens with one attached hydrogen (secondary N) is 4. The number of nitrogens with two attached hydrogens (primary N) is 5. The fraction of sp³-hybridized carbons (Fsp3) is 0.600. The summed E-state index contributed by atoms with van der Waals surface area (Å²) in [5.74, 6) is -3.63. The molecular weight excluding hydrogens is 621 g/mol. The summed E-state index contributed by atoms with van der Waals surface area (Å²) in [6, 6.07) is 5.36. The fourth-order valence-corrected chi connectivity index (χ4v) is 4.69. The Hall–Kier alpha value is -4.42. The van der Waals surface area contributed by atoms with E-state index in [9.17, 15) is 29.2 Å². The summed E-state index contributed by atoms with van der Waals surface area (Å²) < 4.78 is 0. The number of benzene rings is 1. The molecule has 18 heteroatoms. The van der Waals surface area contributed by atoms with Crippen molar-refractivity contribution in [3.8, 4) is 0 Å². The first-order chi connectivity index (χ1) is 22.9. The average Bonchev–Trinajstić information content (AvgIpc) is 3.04. The van der Waals surface area contributed by atoms with Crippen molar-refractivity contribution in [1.82, 2.24) is 21.3 Å². The molecule has 0 aliphatic rings. The van der Waals surface area contributed by atoms with Gasteiger partial charge in [-0.25, -0.2) is 0 Å². The molecule has 4 atom stereocenters. The van der Waals surface area contributed by atoms with Crippen LogP contribution in [0.1, 0.15) is 81.5 Å². The number of unbranched alkanes of at least 4 members (excludes halogenated alkanes) is 2. The maximum absolute atomic E-state index is 13.7. The van der Waals surface area contributed by atoms with Crippen LogP contribution in [0.2, 0.25) is 0 Å². The van der Waals surface area contributed by atoms with Crippen molar-refractivity contribution < 1.29 is 29.2 Å². The van der Waals surface area contributed by atoms with E-state index in [-0.39, 0.29) is 44.3 Å². The van der Waals surface area contributed by atoms with Crippen molar-refractivity contribution in [3.05, 3.63) is 35.9 Å². The zero-order valence-corrected chi connectivity index (χ0v) is 27.8. The maximum atomic E-state index is 13.7. The third kappa shape index (κ3) is 17.5. The van der Waals surface area contributed by atoms with Crippen LogP contribution >= 0.6 is 0 Å². The lowest BCUT2D eigenvalue weighted by Gasteiger charge is -2.27. The van der Waals surface area contributed by atoms with E-state index in [1.807, 2.05) is 6.92 Å². The minimum absolute atomic E-state index is 0.0896. The number of rotatable bonds is 24. The van der Waals surface area contributed by atoms with Crippen molar-refractivity contribution in [2.75, 3.05) is 19.6 Å². The third-order valence-electron chi connectivity index (χ3n) is 7.32. The highest BCUT2D eigenvalue weighted by molar-refractivity contribution is 6.43. The summed E-state index contributed by atoms with van der Waals surface area (Å²) in [5, 5.41) is 30.6. The van der Waals surface area contributed by atoms with Gasteiger partial charge in [0.2, 0.25) is 17.7 Å². The Labute approximate surface area is 282 Å². The van der Waals surface area contributed by atoms with E-state index in [2.05, 4.69) is 31.3 Å². The Bertz CT molecular complexity index is 1180. The topological polar surface area (TPSA) is 312 Å². The molecule has 0 aliphatic carbocycles. The number of hydrogen-bond donors (Lipinski definition) is 11. The summed E-state index contributed by atoms with van der Waals surface area (Å²) in [4.78, 5) is 61.2. The third-order valence-corrected chi connectivity index (χ3v) is 7.32. The van der Waals surface area contributed by atoms with Gasteiger partial charge in [-0.3, -0.25) is 29.2 Å². The molecule has 1 rings (SSSR count). The molecule has 0 saturated heterocycles. The lowest BCUT2D eigenvalue weighted by Crippen LogP contribution is -2.58. The number of carbonyl (C=O) groups excluding carboxylic acids is 4. The zero-order chi connectivity index (χ0) is 35.9. The molecule has 0 unspecified atom stereocenters. The number of hydrogen-bond acceptors (Lipinski definition) is 9. The molecule has 0 heterocycles. The second-order valence-electron chi connectivity index (χ2n) is 11.4. The van der Waals surface area contributed by atoms with Crippen molar-refractivity contribution in [2.24, 2.45) is 38.7 Å². The van der Waals surface area contributed by atoms with E-state index in [1.54, 1.807) is 30.3 Å². The minimum atomic E-state index is -1.90. The van der Waals surface area contributed by atoms with E-state index >= 15 is 0 Å². The second-order valence-corrected chi connectivity index (χ2v) is 11.4. The lowest BCUT2D eigenvalue weighted by molar-refractivity contribution is -0.133. The number of aliphatic imine (C=N–C) groups is 2. The average molecular weight is 676 g/mol. The second kappa shape index (κ2) is 23.8. The number of carbonyl (C=O) groups is 4. The Kier molecular flexibility index (Phi) is 20.7. The Balaban J connectivity index is 3.17. The van der Waals surface area contributed by atoms with Gasteiger partial charge < -0.3 is 60.0 Å². The van der Waals surface area contributed by atoms with Gasteiger partial charge in [0.05, 0.1) is 5.94 Å². The summed E-state index contributed by atoms with van der Waals surface area (Å²) in [5.41, 5.74) is 27.5. The first-order valence-electron chi connectivity index (χ1n) is 16.3. The van der Waals surface area contributed by atoms with Gasteiger partial charge in [-0.2, -0.15) is 0 Å². The largest absolute Gasteiger partial charge is 0.475 e. The van der Waals surface area contributed by atoms with Crippen LogP contribution in [-0.4, -0.2) is 96.4 Å². The summed E-state index contributed by atoms with van der Waals surface area (Å²) in [7, 11) is -1.90. The van der Waals surface area contributed by atoms with Crippen LogP contribution in [0.15, 0.2) is 40.3 Å². The monoisotopic (exact) mass is 675 g/mol. The molecule has 17 nitrogen and oxygen atoms in total. The molecule has 0 aromatic heterocycles. The minimum Gasteiger partial charge on any atom is -0.426 e. The van der Waals surface area contributed by atoms with Crippen LogP contribution < -0.4 is 49.9 Å². The molecule has 0 radical (unpaired) electrons. The quantitative estimate of drug-likeness (QED) is 0.0239. The zero-order valence-electron chi connectivity index (χ0n) is 27.8. The normalized spacial score (nSPS) is 13.2.